The van der Waals surface area contributed by atoms with Crippen molar-refractivity contribution in [1.82, 2.24) is 0 Å². The Balaban J connectivity index is 1.72. The lowest BCUT2D eigenvalue weighted by Crippen LogP contribution is -2.19. The van der Waals surface area contributed by atoms with E-state index in [0.29, 0.717) is 41.7 Å². The predicted octanol–water partition coefficient (Wildman–Crippen LogP) is 4.06. The van der Waals surface area contributed by atoms with E-state index in [9.17, 15) is 0 Å². The average molecular weight is 322 g/mol. The molecule has 1 aliphatic heterocycles. The van der Waals surface area contributed by atoms with Crippen molar-refractivity contribution < 1.29 is 18.7 Å². The first-order chi connectivity index (χ1) is 11.8. The summed E-state index contributed by atoms with van der Waals surface area (Å²) < 4.78 is 21.6. The Morgan fingerprint density at radius 3 is 2.46 bits per heavy atom. The summed E-state index contributed by atoms with van der Waals surface area (Å²) in [4.78, 5) is 6.57. The molecule has 8 heteroatoms. The fourth-order valence-corrected chi connectivity index (χ4v) is 2.15. The standard InChI is InChI=1S/C16H13BN3O4/c1-19-13-2-4-14(5-3-13)24-15-6-7-16(20-18)12(10-15)11-23-17-21-8-9-22-17/h2-7,10H,8-9,11H2/q+1. The minimum absolute atomic E-state index is 0.151. The highest BCUT2D eigenvalue weighted by Crippen LogP contribution is 2.29. The molecule has 2 aromatic carbocycles. The van der Waals surface area contributed by atoms with E-state index >= 15 is 0 Å². The van der Waals surface area contributed by atoms with Gasteiger partial charge in [0.2, 0.25) is 5.39 Å². The van der Waals surface area contributed by atoms with Crippen LogP contribution in [0.1, 0.15) is 5.56 Å². The van der Waals surface area contributed by atoms with Gasteiger partial charge < -0.3 is 18.7 Å². The first kappa shape index (κ1) is 16.0. The van der Waals surface area contributed by atoms with Crippen molar-refractivity contribution >= 4 is 18.7 Å². The van der Waals surface area contributed by atoms with Gasteiger partial charge in [0.25, 0.3) is 0 Å². The third-order valence-corrected chi connectivity index (χ3v) is 3.33. The van der Waals surface area contributed by atoms with Crippen LogP contribution >= 0.6 is 0 Å². The van der Waals surface area contributed by atoms with Crippen LogP contribution in [0, 0.1) is 12.0 Å². The Morgan fingerprint density at radius 2 is 1.79 bits per heavy atom. The van der Waals surface area contributed by atoms with Gasteiger partial charge >= 0.3 is 13.0 Å². The van der Waals surface area contributed by atoms with Gasteiger partial charge in [-0.3, -0.25) is 0 Å². The van der Waals surface area contributed by atoms with E-state index in [1.54, 1.807) is 42.5 Å². The highest BCUT2D eigenvalue weighted by molar-refractivity contribution is 6.36. The lowest BCUT2D eigenvalue weighted by Gasteiger charge is -2.08. The molecule has 1 aliphatic rings. The van der Waals surface area contributed by atoms with E-state index in [0.717, 1.165) is 0 Å². The Kier molecular flexibility index (Phi) is 5.04. The number of rotatable bonds is 5. The third-order valence-electron chi connectivity index (χ3n) is 3.33. The molecule has 0 atom stereocenters. The van der Waals surface area contributed by atoms with Crippen LogP contribution < -0.4 is 4.74 Å². The molecule has 118 valence electrons. The van der Waals surface area contributed by atoms with Gasteiger partial charge in [0.1, 0.15) is 11.5 Å². The molecule has 0 N–H and O–H groups in total. The molecule has 0 unspecified atom stereocenters. The zero-order chi connectivity index (χ0) is 16.8. The quantitative estimate of drug-likeness (QED) is 0.471. The molecule has 0 amide bonds. The molecule has 0 bridgehead atoms. The first-order valence-electron chi connectivity index (χ1n) is 7.27. The lowest BCUT2D eigenvalue weighted by atomic mass is 10.1. The summed E-state index contributed by atoms with van der Waals surface area (Å²) in [5.74, 6) is 1.16. The molecular formula is C16H13BN3O4+. The highest BCUT2D eigenvalue weighted by atomic mass is 16.8. The Labute approximate surface area is 139 Å². The molecule has 1 fully saturated rings. The molecule has 1 saturated heterocycles. The molecule has 24 heavy (non-hydrogen) atoms. The molecular weight excluding hydrogens is 309 g/mol. The van der Waals surface area contributed by atoms with Crippen molar-refractivity contribution in [2.24, 2.45) is 0 Å². The van der Waals surface area contributed by atoms with E-state index in [1.165, 1.54) is 0 Å². The number of nitrogens with zero attached hydrogens (tertiary/aromatic N) is 3. The monoisotopic (exact) mass is 322 g/mol. The molecule has 0 saturated carbocycles. The van der Waals surface area contributed by atoms with Gasteiger partial charge in [0, 0.05) is 6.07 Å². The average Bonchev–Trinajstić information content (AvgIpc) is 3.14. The summed E-state index contributed by atoms with van der Waals surface area (Å²) >= 11 is 0. The van der Waals surface area contributed by atoms with Crippen molar-refractivity contribution in [3.05, 3.63) is 64.4 Å². The lowest BCUT2D eigenvalue weighted by molar-refractivity contribution is 0.170. The van der Waals surface area contributed by atoms with Crippen LogP contribution in [0.25, 0.3) is 9.82 Å². The van der Waals surface area contributed by atoms with Crippen LogP contribution in [0.3, 0.4) is 0 Å². The van der Waals surface area contributed by atoms with E-state index in [2.05, 4.69) is 9.82 Å². The van der Waals surface area contributed by atoms with E-state index in [1.807, 2.05) is 0 Å². The number of hydrogen-bond acceptors (Lipinski definition) is 5. The Hall–Kier alpha value is -2.91. The summed E-state index contributed by atoms with van der Waals surface area (Å²) in [5, 5.41) is 9.09. The van der Waals surface area contributed by atoms with Gasteiger partial charge in [-0.15, -0.1) is 0 Å². The fourth-order valence-electron chi connectivity index (χ4n) is 2.15. The molecule has 2 aromatic rings. The maximum absolute atomic E-state index is 9.09. The van der Waals surface area contributed by atoms with Gasteiger partial charge in [-0.1, -0.05) is 12.1 Å². The van der Waals surface area contributed by atoms with E-state index in [4.69, 9.17) is 30.7 Å². The molecule has 0 aliphatic carbocycles. The van der Waals surface area contributed by atoms with Crippen LogP contribution in [0.2, 0.25) is 0 Å². The molecule has 3 rings (SSSR count). The smallest absolute Gasteiger partial charge is 0.457 e. The summed E-state index contributed by atoms with van der Waals surface area (Å²) in [5.41, 5.74) is 1.55. The predicted molar refractivity (Wildman–Crippen MR) is 86.4 cm³/mol. The van der Waals surface area contributed by atoms with E-state index in [-0.39, 0.29) is 6.61 Å². The summed E-state index contributed by atoms with van der Waals surface area (Å²) in [6, 6.07) is 11.8. The van der Waals surface area contributed by atoms with Gasteiger partial charge in [-0.2, -0.15) is 0 Å². The van der Waals surface area contributed by atoms with Crippen LogP contribution in [-0.2, 0) is 20.6 Å². The van der Waals surface area contributed by atoms with Crippen LogP contribution in [0.15, 0.2) is 42.5 Å². The van der Waals surface area contributed by atoms with Crippen molar-refractivity contribution in [3.8, 4) is 11.5 Å². The number of diazo groups is 1. The van der Waals surface area contributed by atoms with Crippen molar-refractivity contribution in [1.29, 1.82) is 5.39 Å². The first-order valence-corrected chi connectivity index (χ1v) is 7.27. The fraction of sp³-hybridized carbons (Fsp3) is 0.188. The summed E-state index contributed by atoms with van der Waals surface area (Å²) in [6.07, 6.45) is 0. The zero-order valence-corrected chi connectivity index (χ0v) is 12.7. The number of ether oxygens (including phenoxy) is 1. The largest absolute Gasteiger partial charge is 0.639 e. The second kappa shape index (κ2) is 7.58. The van der Waals surface area contributed by atoms with Gasteiger partial charge in [0.15, 0.2) is 10.7 Å². The molecule has 0 spiro atoms. The summed E-state index contributed by atoms with van der Waals surface area (Å²) in [6.45, 7) is 8.08. The highest BCUT2D eigenvalue weighted by Gasteiger charge is 2.28. The number of hydrogen-bond donors (Lipinski definition) is 0. The van der Waals surface area contributed by atoms with Gasteiger partial charge in [-0.05, 0) is 24.3 Å². The second-order valence-electron chi connectivity index (χ2n) is 4.94. The molecule has 0 radical (unpaired) electrons. The van der Waals surface area contributed by atoms with Crippen molar-refractivity contribution in [3.63, 3.8) is 0 Å². The zero-order valence-electron chi connectivity index (χ0n) is 12.7. The minimum atomic E-state index is -0.706. The third kappa shape index (κ3) is 3.89. The molecule has 0 aromatic heterocycles. The van der Waals surface area contributed by atoms with Gasteiger partial charge in [-0.25, -0.2) is 4.85 Å². The summed E-state index contributed by atoms with van der Waals surface area (Å²) in [7, 11) is -0.706. The van der Waals surface area contributed by atoms with Gasteiger partial charge in [0.05, 0.1) is 32.0 Å². The van der Waals surface area contributed by atoms with Crippen molar-refractivity contribution in [2.75, 3.05) is 13.2 Å². The van der Waals surface area contributed by atoms with Crippen LogP contribution in [-0.4, -0.2) is 20.5 Å². The SMILES string of the molecule is [C-]#[N+]c1ccc(Oc2ccc([N+]#N)c(COB3OCCO3)c2)cc1. The van der Waals surface area contributed by atoms with Crippen molar-refractivity contribution in [2.45, 2.75) is 6.61 Å². The van der Waals surface area contributed by atoms with Crippen LogP contribution in [0.4, 0.5) is 11.4 Å². The Bertz CT molecular complexity index is 792. The maximum Gasteiger partial charge on any atom is 0.639 e. The minimum Gasteiger partial charge on any atom is -0.457 e. The second-order valence-corrected chi connectivity index (χ2v) is 4.94. The molecule has 1 heterocycles. The van der Waals surface area contributed by atoms with E-state index < -0.39 is 7.32 Å². The Morgan fingerprint density at radius 1 is 1.08 bits per heavy atom. The molecule has 7 nitrogen and oxygen atoms in total. The normalized spacial score (nSPS) is 13.3. The maximum atomic E-state index is 9.09. The number of benzene rings is 2. The van der Waals surface area contributed by atoms with Crippen LogP contribution in [0.5, 0.6) is 11.5 Å². The topological polar surface area (TPSA) is 69.4 Å².